The number of para-hydroxylation sites is 4. The molecule has 10 rings (SSSR count). The molecule has 10 aromatic rings. The van der Waals surface area contributed by atoms with Gasteiger partial charge < -0.3 is 4.57 Å². The number of hydrogen-bond donors (Lipinski definition) is 0. The van der Waals surface area contributed by atoms with E-state index in [1.165, 1.54) is 65.8 Å². The smallest absolute Gasteiger partial charge is 0.131 e. The lowest BCUT2D eigenvalue weighted by Crippen LogP contribution is -2.01. The van der Waals surface area contributed by atoms with E-state index in [-0.39, 0.29) is 0 Å². The van der Waals surface area contributed by atoms with Crippen molar-refractivity contribution in [1.82, 2.24) is 13.7 Å². The Morgan fingerprint density at radius 1 is 0.333 bits per heavy atom. The maximum Gasteiger partial charge on any atom is 0.131 e. The summed E-state index contributed by atoms with van der Waals surface area (Å²) < 4.78 is 8.27. The standard InChI is InChI=1S/C44H28BrN3/c45-31-22-25-42-38(28-31)43-37-27-30(21-24-41(37)47(33-14-6-2-7-15-33)44(43)48(42)34-16-8-3-9-17-34)29-20-23-40-36(26-29)35-18-10-11-19-39(35)46(40)32-12-4-1-5-13-32/h1-28H. The molecule has 0 amide bonds. The van der Waals surface area contributed by atoms with E-state index in [9.17, 15) is 0 Å². The maximum atomic E-state index is 3.79. The van der Waals surface area contributed by atoms with Gasteiger partial charge in [-0.2, -0.15) is 0 Å². The summed E-state index contributed by atoms with van der Waals surface area (Å²) in [5.41, 5.74) is 11.8. The highest BCUT2D eigenvalue weighted by Crippen LogP contribution is 2.43. The topological polar surface area (TPSA) is 14.8 Å². The second kappa shape index (κ2) is 10.6. The molecular formula is C44H28BrN3. The monoisotopic (exact) mass is 677 g/mol. The minimum absolute atomic E-state index is 1.07. The van der Waals surface area contributed by atoms with Gasteiger partial charge in [-0.05, 0) is 96.1 Å². The summed E-state index contributed by atoms with van der Waals surface area (Å²) in [5.74, 6) is 0. The van der Waals surface area contributed by atoms with Crippen LogP contribution in [-0.4, -0.2) is 13.7 Å². The fourth-order valence-electron chi connectivity index (χ4n) is 7.64. The van der Waals surface area contributed by atoms with Crippen molar-refractivity contribution >= 4 is 70.6 Å². The van der Waals surface area contributed by atoms with E-state index in [4.69, 9.17) is 0 Å². The number of nitrogens with zero attached hydrogens (tertiary/aromatic N) is 3. The van der Waals surface area contributed by atoms with E-state index in [1.807, 2.05) is 0 Å². The van der Waals surface area contributed by atoms with Crippen molar-refractivity contribution in [1.29, 1.82) is 0 Å². The second-order valence-electron chi connectivity index (χ2n) is 12.4. The number of fused-ring (bicyclic) bond motifs is 8. The molecule has 4 heteroatoms. The molecule has 0 bridgehead atoms. The van der Waals surface area contributed by atoms with Crippen molar-refractivity contribution in [3.8, 4) is 28.2 Å². The highest BCUT2D eigenvalue weighted by atomic mass is 79.9. The van der Waals surface area contributed by atoms with Gasteiger partial charge in [0.2, 0.25) is 0 Å². The van der Waals surface area contributed by atoms with Crippen molar-refractivity contribution in [3.05, 3.63) is 174 Å². The van der Waals surface area contributed by atoms with Gasteiger partial charge in [-0.25, -0.2) is 0 Å². The number of hydrogen-bond acceptors (Lipinski definition) is 0. The van der Waals surface area contributed by atoms with Gasteiger partial charge in [0.1, 0.15) is 5.65 Å². The van der Waals surface area contributed by atoms with Gasteiger partial charge in [-0.1, -0.05) is 101 Å². The van der Waals surface area contributed by atoms with Crippen LogP contribution in [0.25, 0.3) is 82.8 Å². The van der Waals surface area contributed by atoms with Crippen LogP contribution in [0.15, 0.2) is 174 Å². The summed E-state index contributed by atoms with van der Waals surface area (Å²) in [5, 5.41) is 6.21. The Bertz CT molecular complexity index is 2820. The molecule has 0 atom stereocenters. The molecule has 7 aromatic carbocycles. The molecular weight excluding hydrogens is 650 g/mol. The fourth-order valence-corrected chi connectivity index (χ4v) is 8.00. The van der Waals surface area contributed by atoms with Crippen molar-refractivity contribution in [2.24, 2.45) is 0 Å². The Kier molecular flexibility index (Phi) is 6.02. The molecule has 3 heterocycles. The molecule has 0 saturated heterocycles. The average Bonchev–Trinajstić information content (AvgIpc) is 3.77. The first kappa shape index (κ1) is 27.3. The van der Waals surface area contributed by atoms with Crippen LogP contribution in [0.4, 0.5) is 0 Å². The molecule has 0 N–H and O–H groups in total. The summed E-state index contributed by atoms with van der Waals surface area (Å²) in [6, 6.07) is 61.3. The zero-order valence-electron chi connectivity index (χ0n) is 25.9. The van der Waals surface area contributed by atoms with Gasteiger partial charge in [0.15, 0.2) is 0 Å². The molecule has 0 aliphatic carbocycles. The minimum Gasteiger partial charge on any atom is -0.309 e. The summed E-state index contributed by atoms with van der Waals surface area (Å²) in [6.07, 6.45) is 0. The van der Waals surface area contributed by atoms with Crippen LogP contribution in [-0.2, 0) is 0 Å². The Hall–Kier alpha value is -5.84. The SMILES string of the molecule is Brc1ccc2c(c1)c1c3cc(-c4ccc5c(c4)c4ccccc4n5-c4ccccc4)ccc3n(-c3ccccc3)c1n2-c1ccccc1. The zero-order valence-corrected chi connectivity index (χ0v) is 27.5. The predicted octanol–water partition coefficient (Wildman–Crippen LogP) is 12.3. The van der Waals surface area contributed by atoms with Crippen molar-refractivity contribution in [3.63, 3.8) is 0 Å². The maximum absolute atomic E-state index is 3.79. The minimum atomic E-state index is 1.07. The van der Waals surface area contributed by atoms with Gasteiger partial charge in [-0.15, -0.1) is 0 Å². The molecule has 0 radical (unpaired) electrons. The lowest BCUT2D eigenvalue weighted by atomic mass is 10.0. The molecule has 3 aromatic heterocycles. The molecule has 3 nitrogen and oxygen atoms in total. The van der Waals surface area contributed by atoms with Gasteiger partial charge in [0.05, 0.1) is 22.1 Å². The second-order valence-corrected chi connectivity index (χ2v) is 13.3. The fraction of sp³-hybridized carbons (Fsp3) is 0. The predicted molar refractivity (Wildman–Crippen MR) is 205 cm³/mol. The van der Waals surface area contributed by atoms with Crippen LogP contribution in [0.5, 0.6) is 0 Å². The first-order valence-corrected chi connectivity index (χ1v) is 17.0. The normalized spacial score (nSPS) is 11.9. The van der Waals surface area contributed by atoms with Crippen LogP contribution in [0, 0.1) is 0 Å². The Morgan fingerprint density at radius 3 is 1.38 bits per heavy atom. The van der Waals surface area contributed by atoms with E-state index < -0.39 is 0 Å². The first-order chi connectivity index (χ1) is 23.7. The van der Waals surface area contributed by atoms with E-state index in [0.717, 1.165) is 21.5 Å². The third-order valence-corrected chi connectivity index (χ3v) is 10.2. The lowest BCUT2D eigenvalue weighted by molar-refractivity contribution is 1.07. The summed E-state index contributed by atoms with van der Waals surface area (Å²) in [4.78, 5) is 0. The molecule has 0 unspecified atom stereocenters. The third-order valence-electron chi connectivity index (χ3n) is 9.67. The Balaban J connectivity index is 1.28. The van der Waals surface area contributed by atoms with Crippen LogP contribution < -0.4 is 0 Å². The largest absolute Gasteiger partial charge is 0.309 e. The highest BCUT2D eigenvalue weighted by Gasteiger charge is 2.23. The van der Waals surface area contributed by atoms with Crippen LogP contribution in [0.2, 0.25) is 0 Å². The van der Waals surface area contributed by atoms with E-state index >= 15 is 0 Å². The van der Waals surface area contributed by atoms with E-state index in [1.54, 1.807) is 0 Å². The van der Waals surface area contributed by atoms with E-state index in [2.05, 4.69) is 199 Å². The number of rotatable bonds is 4. The van der Waals surface area contributed by atoms with Crippen LogP contribution in [0.3, 0.4) is 0 Å². The zero-order chi connectivity index (χ0) is 31.8. The van der Waals surface area contributed by atoms with Gasteiger partial charge >= 0.3 is 0 Å². The number of halogens is 1. The summed E-state index contributed by atoms with van der Waals surface area (Å²) in [6.45, 7) is 0. The Labute approximate surface area is 285 Å². The van der Waals surface area contributed by atoms with Crippen molar-refractivity contribution in [2.75, 3.05) is 0 Å². The first-order valence-electron chi connectivity index (χ1n) is 16.2. The van der Waals surface area contributed by atoms with Gasteiger partial charge in [0, 0.05) is 48.5 Å². The number of benzene rings is 7. The van der Waals surface area contributed by atoms with Crippen molar-refractivity contribution < 1.29 is 0 Å². The number of aromatic nitrogens is 3. The molecule has 48 heavy (non-hydrogen) atoms. The quantitative estimate of drug-likeness (QED) is 0.176. The van der Waals surface area contributed by atoms with E-state index in [0.29, 0.717) is 0 Å². The molecule has 0 spiro atoms. The van der Waals surface area contributed by atoms with Gasteiger partial charge in [-0.3, -0.25) is 9.13 Å². The molecule has 226 valence electrons. The third kappa shape index (κ3) is 3.99. The highest BCUT2D eigenvalue weighted by molar-refractivity contribution is 9.10. The van der Waals surface area contributed by atoms with Crippen LogP contribution >= 0.6 is 15.9 Å². The van der Waals surface area contributed by atoms with Crippen LogP contribution in [0.1, 0.15) is 0 Å². The molecule has 0 aliphatic heterocycles. The average molecular weight is 679 g/mol. The molecule has 0 saturated carbocycles. The molecule has 0 aliphatic rings. The summed E-state index contributed by atoms with van der Waals surface area (Å²) >= 11 is 3.79. The lowest BCUT2D eigenvalue weighted by Gasteiger charge is -2.13. The summed E-state index contributed by atoms with van der Waals surface area (Å²) in [7, 11) is 0. The molecule has 0 fully saturated rings. The Morgan fingerprint density at radius 2 is 0.771 bits per heavy atom. The van der Waals surface area contributed by atoms with Gasteiger partial charge in [0.25, 0.3) is 0 Å². The van der Waals surface area contributed by atoms with Crippen molar-refractivity contribution in [2.45, 2.75) is 0 Å².